The molecule has 1 amide bonds. The number of aryl methyl sites for hydroxylation is 1. The van der Waals surface area contributed by atoms with Gasteiger partial charge in [0.1, 0.15) is 11.7 Å². The van der Waals surface area contributed by atoms with E-state index in [-0.39, 0.29) is 17.8 Å². The Morgan fingerprint density at radius 3 is 2.60 bits per heavy atom. The molecule has 1 aliphatic rings. The number of aromatic nitrogens is 2. The van der Waals surface area contributed by atoms with Crippen molar-refractivity contribution in [3.05, 3.63) is 20.1 Å². The average Bonchev–Trinajstić information content (AvgIpc) is 2.91. The molecule has 1 aliphatic heterocycles. The van der Waals surface area contributed by atoms with E-state index in [1.54, 1.807) is 10.9 Å². The van der Waals surface area contributed by atoms with E-state index >= 15 is 0 Å². The summed E-state index contributed by atoms with van der Waals surface area (Å²) in [5, 5.41) is 5.48. The van der Waals surface area contributed by atoms with Gasteiger partial charge in [-0.3, -0.25) is 14.6 Å². The molecule has 1 aromatic heterocycles. The molecule has 2 heterocycles. The van der Waals surface area contributed by atoms with Gasteiger partial charge in [-0.15, -0.1) is 0 Å². The van der Waals surface area contributed by atoms with Crippen LogP contribution in [0.2, 0.25) is 0 Å². The number of carbonyl (C=O) groups is 1. The summed E-state index contributed by atoms with van der Waals surface area (Å²) in [5.41, 5.74) is -0.652. The fraction of sp³-hybridized carbons (Fsp3) is 0.750. The van der Waals surface area contributed by atoms with Crippen LogP contribution < -0.4 is 10.9 Å². The summed E-state index contributed by atoms with van der Waals surface area (Å²) in [7, 11) is 0. The van der Waals surface area contributed by atoms with Gasteiger partial charge in [-0.05, 0) is 63.6 Å². The van der Waals surface area contributed by atoms with Crippen molar-refractivity contribution in [1.82, 2.24) is 15.1 Å². The first-order valence-corrected chi connectivity index (χ1v) is 9.30. The molecule has 0 radical (unpaired) electrons. The van der Waals surface area contributed by atoms with Crippen LogP contribution in [0.5, 0.6) is 0 Å². The average molecular weight is 467 g/mol. The zero-order chi connectivity index (χ0) is 18.8. The monoisotopic (exact) mass is 467 g/mol. The quantitative estimate of drug-likeness (QED) is 0.648. The summed E-state index contributed by atoms with van der Waals surface area (Å²) >= 11 is 1.99. The molecule has 2 unspecified atom stereocenters. The number of carbonyl (C=O) groups excluding carboxylic acids is 1. The predicted octanol–water partition coefficient (Wildman–Crippen LogP) is 2.22. The molecule has 8 nitrogen and oxygen atoms in total. The van der Waals surface area contributed by atoms with Gasteiger partial charge in [-0.25, -0.2) is 4.79 Å². The van der Waals surface area contributed by atoms with Crippen molar-refractivity contribution in [2.24, 2.45) is 0 Å². The zero-order valence-electron chi connectivity index (χ0n) is 15.2. The third-order valence-corrected chi connectivity index (χ3v) is 4.29. The fourth-order valence-electron chi connectivity index (χ4n) is 2.62. The Hall–Kier alpha value is -1.07. The summed E-state index contributed by atoms with van der Waals surface area (Å²) in [5.74, 6) is -0.719. The number of alkyl carbamates (subject to hydrolysis) is 1. The first-order chi connectivity index (χ1) is 11.5. The Morgan fingerprint density at radius 2 is 2.04 bits per heavy atom. The van der Waals surface area contributed by atoms with Crippen LogP contribution in [0.4, 0.5) is 4.79 Å². The molecule has 1 fully saturated rings. The van der Waals surface area contributed by atoms with E-state index in [9.17, 15) is 9.59 Å². The smallest absolute Gasteiger partial charge is 0.407 e. The minimum Gasteiger partial charge on any atom is -0.444 e. The number of nitrogens with zero attached hydrogens (tertiary/aromatic N) is 1. The lowest BCUT2D eigenvalue weighted by molar-refractivity contribution is -0.146. The van der Waals surface area contributed by atoms with Crippen molar-refractivity contribution in [3.8, 4) is 0 Å². The van der Waals surface area contributed by atoms with Crippen LogP contribution in [0.25, 0.3) is 0 Å². The van der Waals surface area contributed by atoms with E-state index < -0.39 is 17.5 Å². The van der Waals surface area contributed by atoms with Gasteiger partial charge in [-0.2, -0.15) is 0 Å². The molecular formula is C16H26IN3O5. The number of halogens is 1. The SMILES string of the molecule is CC(C)(C)OC(=O)NCC1OC(C)(C)OC1CCn1cc(I)c(=O)[nH]1. The maximum Gasteiger partial charge on any atom is 0.407 e. The summed E-state index contributed by atoms with van der Waals surface area (Å²) < 4.78 is 19.4. The van der Waals surface area contributed by atoms with E-state index in [2.05, 4.69) is 10.4 Å². The summed E-state index contributed by atoms with van der Waals surface area (Å²) in [6.07, 6.45) is 1.43. The number of hydrogen-bond donors (Lipinski definition) is 2. The molecule has 2 rings (SSSR count). The molecule has 0 aliphatic carbocycles. The molecule has 0 bridgehead atoms. The molecule has 2 N–H and O–H groups in total. The standard InChI is InChI=1S/C16H26IN3O5/c1-15(2,3)25-14(22)18-8-12-11(23-16(4,5)24-12)6-7-20-9-10(17)13(21)19-20/h9,11-12H,6-8H2,1-5H3,(H,18,22)(H,19,21). The van der Waals surface area contributed by atoms with Crippen molar-refractivity contribution in [2.75, 3.05) is 6.54 Å². The van der Waals surface area contributed by atoms with Gasteiger partial charge in [-0.1, -0.05) is 0 Å². The van der Waals surface area contributed by atoms with Crippen molar-refractivity contribution < 1.29 is 19.0 Å². The van der Waals surface area contributed by atoms with E-state index in [4.69, 9.17) is 14.2 Å². The van der Waals surface area contributed by atoms with Gasteiger partial charge < -0.3 is 19.5 Å². The maximum absolute atomic E-state index is 11.8. The molecule has 142 valence electrons. The Bertz CT molecular complexity index is 661. The molecule has 9 heteroatoms. The van der Waals surface area contributed by atoms with Gasteiger partial charge in [0.25, 0.3) is 5.56 Å². The van der Waals surface area contributed by atoms with Gasteiger partial charge in [0.05, 0.1) is 9.67 Å². The van der Waals surface area contributed by atoms with Crippen molar-refractivity contribution in [2.45, 2.75) is 71.2 Å². The molecule has 0 saturated carbocycles. The second-order valence-corrected chi connectivity index (χ2v) is 8.66. The normalized spacial score (nSPS) is 22.8. The molecule has 0 spiro atoms. The highest BCUT2D eigenvalue weighted by molar-refractivity contribution is 14.1. The summed E-state index contributed by atoms with van der Waals surface area (Å²) in [6, 6.07) is 0. The number of rotatable bonds is 5. The number of aromatic amines is 1. The van der Waals surface area contributed by atoms with Gasteiger partial charge in [0.2, 0.25) is 0 Å². The van der Waals surface area contributed by atoms with E-state index in [0.29, 0.717) is 23.1 Å². The Balaban J connectivity index is 1.91. The third kappa shape index (κ3) is 6.30. The number of ether oxygens (including phenoxy) is 3. The van der Waals surface area contributed by atoms with Gasteiger partial charge in [0.15, 0.2) is 5.79 Å². The highest BCUT2D eigenvalue weighted by Gasteiger charge is 2.41. The molecular weight excluding hydrogens is 441 g/mol. The highest BCUT2D eigenvalue weighted by Crippen LogP contribution is 2.30. The minimum atomic E-state index is -0.719. The van der Waals surface area contributed by atoms with E-state index in [1.165, 1.54) is 0 Å². The van der Waals surface area contributed by atoms with Crippen LogP contribution >= 0.6 is 22.6 Å². The Kier molecular flexibility index (Phi) is 6.21. The number of amides is 1. The molecule has 0 aromatic carbocycles. The molecule has 2 atom stereocenters. The fourth-order valence-corrected chi connectivity index (χ4v) is 3.08. The Labute approximate surface area is 160 Å². The lowest BCUT2D eigenvalue weighted by Crippen LogP contribution is -2.40. The van der Waals surface area contributed by atoms with Crippen LogP contribution in [0.15, 0.2) is 11.0 Å². The van der Waals surface area contributed by atoms with Crippen LogP contribution in [-0.4, -0.2) is 46.0 Å². The number of H-pyrrole nitrogens is 1. The molecule has 25 heavy (non-hydrogen) atoms. The van der Waals surface area contributed by atoms with Crippen molar-refractivity contribution >= 4 is 28.7 Å². The first kappa shape index (κ1) is 20.2. The van der Waals surface area contributed by atoms with Gasteiger partial charge in [0, 0.05) is 19.3 Å². The zero-order valence-corrected chi connectivity index (χ0v) is 17.4. The van der Waals surface area contributed by atoms with Crippen molar-refractivity contribution in [3.63, 3.8) is 0 Å². The summed E-state index contributed by atoms with van der Waals surface area (Å²) in [6.45, 7) is 10.0. The second kappa shape index (κ2) is 7.67. The third-order valence-electron chi connectivity index (χ3n) is 3.52. The van der Waals surface area contributed by atoms with Crippen LogP contribution in [-0.2, 0) is 20.8 Å². The van der Waals surface area contributed by atoms with Crippen LogP contribution in [0.1, 0.15) is 41.0 Å². The second-order valence-electron chi connectivity index (χ2n) is 7.50. The number of nitrogens with one attached hydrogen (secondary N) is 2. The molecule has 1 aromatic rings. The largest absolute Gasteiger partial charge is 0.444 e. The highest BCUT2D eigenvalue weighted by atomic mass is 127. The lowest BCUT2D eigenvalue weighted by Gasteiger charge is -2.22. The van der Waals surface area contributed by atoms with Gasteiger partial charge >= 0.3 is 6.09 Å². The molecule has 1 saturated heterocycles. The van der Waals surface area contributed by atoms with E-state index in [0.717, 1.165) is 0 Å². The summed E-state index contributed by atoms with van der Waals surface area (Å²) in [4.78, 5) is 23.3. The number of hydrogen-bond acceptors (Lipinski definition) is 5. The topological polar surface area (TPSA) is 94.6 Å². The minimum absolute atomic E-state index is 0.104. The van der Waals surface area contributed by atoms with E-state index in [1.807, 2.05) is 57.2 Å². The van der Waals surface area contributed by atoms with Crippen LogP contribution in [0, 0.1) is 3.57 Å². The first-order valence-electron chi connectivity index (χ1n) is 8.23. The Morgan fingerprint density at radius 1 is 1.40 bits per heavy atom. The van der Waals surface area contributed by atoms with Crippen molar-refractivity contribution in [1.29, 1.82) is 0 Å². The predicted molar refractivity (Wildman–Crippen MR) is 100 cm³/mol. The lowest BCUT2D eigenvalue weighted by atomic mass is 10.1. The van der Waals surface area contributed by atoms with Crippen LogP contribution in [0.3, 0.4) is 0 Å². The maximum atomic E-state index is 11.8.